The highest BCUT2D eigenvalue weighted by Crippen LogP contribution is 2.15. The molecule has 1 aromatic carbocycles. The molecule has 21 heavy (non-hydrogen) atoms. The Balaban J connectivity index is 2.08. The number of furan rings is 1. The third-order valence-electron chi connectivity index (χ3n) is 2.69. The zero-order chi connectivity index (χ0) is 15.2. The van der Waals surface area contributed by atoms with Gasteiger partial charge in [-0.15, -0.1) is 0 Å². The number of rotatable bonds is 5. The first kappa shape index (κ1) is 14.5. The average Bonchev–Trinajstić information content (AvgIpc) is 2.97. The molecule has 0 atom stereocenters. The SMILES string of the molecule is CC(=O)Nc1ccccc1C(=O)C(=O)NCc1ccco1. The van der Waals surface area contributed by atoms with Gasteiger partial charge >= 0.3 is 0 Å². The fraction of sp³-hybridized carbons (Fsp3) is 0.133. The van der Waals surface area contributed by atoms with Crippen molar-refractivity contribution < 1.29 is 18.8 Å². The number of anilines is 1. The molecule has 0 spiro atoms. The van der Waals surface area contributed by atoms with Crippen LogP contribution in [0.1, 0.15) is 23.0 Å². The van der Waals surface area contributed by atoms with E-state index in [9.17, 15) is 14.4 Å². The third kappa shape index (κ3) is 3.79. The van der Waals surface area contributed by atoms with E-state index in [1.54, 1.807) is 30.3 Å². The van der Waals surface area contributed by atoms with Crippen LogP contribution in [0.15, 0.2) is 47.1 Å². The second kappa shape index (κ2) is 6.51. The maximum Gasteiger partial charge on any atom is 0.292 e. The maximum atomic E-state index is 12.1. The van der Waals surface area contributed by atoms with Gasteiger partial charge in [0.15, 0.2) is 0 Å². The lowest BCUT2D eigenvalue weighted by Gasteiger charge is -2.08. The summed E-state index contributed by atoms with van der Waals surface area (Å²) in [7, 11) is 0. The summed E-state index contributed by atoms with van der Waals surface area (Å²) in [6, 6.07) is 9.72. The van der Waals surface area contributed by atoms with E-state index >= 15 is 0 Å². The number of hydrogen-bond acceptors (Lipinski definition) is 4. The van der Waals surface area contributed by atoms with Crippen molar-refractivity contribution in [3.05, 3.63) is 54.0 Å². The average molecular weight is 286 g/mol. The Morgan fingerprint density at radius 1 is 1.10 bits per heavy atom. The minimum atomic E-state index is -0.760. The van der Waals surface area contributed by atoms with E-state index in [1.807, 2.05) is 0 Å². The summed E-state index contributed by atoms with van der Waals surface area (Å²) in [5, 5.41) is 4.99. The molecule has 0 saturated heterocycles. The Morgan fingerprint density at radius 3 is 2.52 bits per heavy atom. The van der Waals surface area contributed by atoms with E-state index in [4.69, 9.17) is 4.42 Å². The topological polar surface area (TPSA) is 88.4 Å². The van der Waals surface area contributed by atoms with Crippen LogP contribution >= 0.6 is 0 Å². The van der Waals surface area contributed by atoms with Crippen LogP contribution in [0, 0.1) is 0 Å². The van der Waals surface area contributed by atoms with Gasteiger partial charge in [-0.05, 0) is 24.3 Å². The van der Waals surface area contributed by atoms with Crippen molar-refractivity contribution >= 4 is 23.3 Å². The molecule has 108 valence electrons. The number of para-hydroxylation sites is 1. The highest BCUT2D eigenvalue weighted by atomic mass is 16.3. The number of Topliss-reactive ketones (excluding diaryl/α,β-unsaturated/α-hetero) is 1. The largest absolute Gasteiger partial charge is 0.467 e. The molecule has 0 fully saturated rings. The van der Waals surface area contributed by atoms with Crippen LogP contribution in [0.3, 0.4) is 0 Å². The molecule has 0 aliphatic rings. The summed E-state index contributed by atoms with van der Waals surface area (Å²) in [6.07, 6.45) is 1.48. The highest BCUT2D eigenvalue weighted by Gasteiger charge is 2.19. The summed E-state index contributed by atoms with van der Waals surface area (Å²) in [5.41, 5.74) is 0.452. The quantitative estimate of drug-likeness (QED) is 0.647. The van der Waals surface area contributed by atoms with Crippen molar-refractivity contribution in [1.29, 1.82) is 0 Å². The molecule has 1 aromatic heterocycles. The molecule has 6 heteroatoms. The summed E-state index contributed by atoms with van der Waals surface area (Å²) < 4.78 is 5.06. The molecule has 0 unspecified atom stereocenters. The summed E-state index contributed by atoms with van der Waals surface area (Å²) >= 11 is 0. The molecule has 0 bridgehead atoms. The molecule has 6 nitrogen and oxygen atoms in total. The molecular weight excluding hydrogens is 272 g/mol. The molecule has 2 rings (SSSR count). The van der Waals surface area contributed by atoms with E-state index in [0.717, 1.165) is 0 Å². The van der Waals surface area contributed by atoms with E-state index in [-0.39, 0.29) is 18.0 Å². The Hall–Kier alpha value is -2.89. The van der Waals surface area contributed by atoms with Crippen LogP contribution < -0.4 is 10.6 Å². The fourth-order valence-corrected chi connectivity index (χ4v) is 1.76. The molecule has 0 saturated carbocycles. The van der Waals surface area contributed by atoms with Gasteiger partial charge in [0.25, 0.3) is 11.7 Å². The van der Waals surface area contributed by atoms with E-state index < -0.39 is 11.7 Å². The lowest BCUT2D eigenvalue weighted by atomic mass is 10.1. The minimum absolute atomic E-state index is 0.125. The normalized spacial score (nSPS) is 9.95. The standard InChI is InChI=1S/C15H14N2O4/c1-10(18)17-13-7-3-2-6-12(13)14(19)15(20)16-9-11-5-4-8-21-11/h2-8H,9H2,1H3,(H,16,20)(H,17,18). The van der Waals surface area contributed by atoms with Crippen molar-refractivity contribution in [2.24, 2.45) is 0 Å². The number of carbonyl (C=O) groups is 3. The van der Waals surface area contributed by atoms with Gasteiger partial charge in [-0.25, -0.2) is 0 Å². The van der Waals surface area contributed by atoms with Gasteiger partial charge in [0.1, 0.15) is 5.76 Å². The highest BCUT2D eigenvalue weighted by molar-refractivity contribution is 6.44. The Kier molecular flexibility index (Phi) is 4.50. The van der Waals surface area contributed by atoms with Gasteiger partial charge in [-0.3, -0.25) is 14.4 Å². The van der Waals surface area contributed by atoms with Crippen LogP contribution in [0.2, 0.25) is 0 Å². The molecule has 0 aliphatic carbocycles. The number of carbonyl (C=O) groups excluding carboxylic acids is 3. The van der Waals surface area contributed by atoms with Gasteiger partial charge in [0.05, 0.1) is 24.1 Å². The monoisotopic (exact) mass is 286 g/mol. The zero-order valence-electron chi connectivity index (χ0n) is 11.4. The molecule has 2 amide bonds. The van der Waals surface area contributed by atoms with Gasteiger partial charge in [-0.2, -0.15) is 0 Å². The van der Waals surface area contributed by atoms with Gasteiger partial charge in [0.2, 0.25) is 5.91 Å². The van der Waals surface area contributed by atoms with Crippen molar-refractivity contribution in [3.63, 3.8) is 0 Å². The molecular formula is C15H14N2O4. The van der Waals surface area contributed by atoms with E-state index in [1.165, 1.54) is 19.3 Å². The Bertz CT molecular complexity index is 662. The van der Waals surface area contributed by atoms with Gasteiger partial charge < -0.3 is 15.1 Å². The maximum absolute atomic E-state index is 12.1. The van der Waals surface area contributed by atoms with Crippen LogP contribution in [0.5, 0.6) is 0 Å². The third-order valence-corrected chi connectivity index (χ3v) is 2.69. The van der Waals surface area contributed by atoms with Gasteiger partial charge in [0, 0.05) is 6.92 Å². The first-order chi connectivity index (χ1) is 10.1. The summed E-state index contributed by atoms with van der Waals surface area (Å²) in [6.45, 7) is 1.46. The zero-order valence-corrected chi connectivity index (χ0v) is 11.4. The van der Waals surface area contributed by atoms with E-state index in [0.29, 0.717) is 11.4 Å². The predicted molar refractivity (Wildman–Crippen MR) is 75.6 cm³/mol. The molecule has 2 N–H and O–H groups in total. The van der Waals surface area contributed by atoms with Crippen molar-refractivity contribution in [1.82, 2.24) is 5.32 Å². The summed E-state index contributed by atoms with van der Waals surface area (Å²) in [4.78, 5) is 35.1. The van der Waals surface area contributed by atoms with Crippen molar-refractivity contribution in [3.8, 4) is 0 Å². The smallest absolute Gasteiger partial charge is 0.292 e. The number of ketones is 1. The predicted octanol–water partition coefficient (Wildman–Crippen LogP) is 1.74. The number of amides is 2. The molecule has 0 aliphatic heterocycles. The minimum Gasteiger partial charge on any atom is -0.467 e. The Morgan fingerprint density at radius 2 is 1.86 bits per heavy atom. The van der Waals surface area contributed by atoms with Crippen molar-refractivity contribution in [2.75, 3.05) is 5.32 Å². The Labute approximate surface area is 121 Å². The first-order valence-corrected chi connectivity index (χ1v) is 6.29. The second-order valence-electron chi connectivity index (χ2n) is 4.32. The van der Waals surface area contributed by atoms with Crippen LogP contribution in [-0.2, 0) is 16.1 Å². The van der Waals surface area contributed by atoms with Gasteiger partial charge in [-0.1, -0.05) is 12.1 Å². The molecule has 2 aromatic rings. The molecule has 1 heterocycles. The molecule has 0 radical (unpaired) electrons. The number of hydrogen-bond donors (Lipinski definition) is 2. The van der Waals surface area contributed by atoms with Crippen LogP contribution in [0.4, 0.5) is 5.69 Å². The lowest BCUT2D eigenvalue weighted by Crippen LogP contribution is -2.31. The second-order valence-corrected chi connectivity index (χ2v) is 4.32. The number of benzene rings is 1. The van der Waals surface area contributed by atoms with E-state index in [2.05, 4.69) is 10.6 Å². The number of nitrogens with one attached hydrogen (secondary N) is 2. The van der Waals surface area contributed by atoms with Crippen LogP contribution in [-0.4, -0.2) is 17.6 Å². The van der Waals surface area contributed by atoms with Crippen LogP contribution in [0.25, 0.3) is 0 Å². The lowest BCUT2D eigenvalue weighted by molar-refractivity contribution is -0.117. The summed E-state index contributed by atoms with van der Waals surface area (Å²) in [5.74, 6) is -1.24. The first-order valence-electron chi connectivity index (χ1n) is 6.29. The fourth-order valence-electron chi connectivity index (χ4n) is 1.76. The van der Waals surface area contributed by atoms with Crippen molar-refractivity contribution in [2.45, 2.75) is 13.5 Å².